The van der Waals surface area contributed by atoms with Crippen LogP contribution in [0.25, 0.3) is 0 Å². The van der Waals surface area contributed by atoms with E-state index in [0.717, 1.165) is 43.0 Å². The molecule has 1 fully saturated rings. The molecular formula is C18H27FN4O. The monoisotopic (exact) mass is 334 g/mol. The number of rotatable bonds is 5. The lowest BCUT2D eigenvalue weighted by atomic mass is 10.0. The van der Waals surface area contributed by atoms with Crippen molar-refractivity contribution in [3.63, 3.8) is 0 Å². The third-order valence-electron chi connectivity index (χ3n) is 4.20. The number of nitrogens with one attached hydrogen (secondary N) is 2. The van der Waals surface area contributed by atoms with Crippen LogP contribution in [0.1, 0.15) is 25.5 Å². The van der Waals surface area contributed by atoms with Gasteiger partial charge < -0.3 is 20.4 Å². The topological polar surface area (TPSA) is 47.6 Å². The largest absolute Gasteiger partial charge is 0.369 e. The van der Waals surface area contributed by atoms with Gasteiger partial charge in [0.15, 0.2) is 0 Å². The molecule has 24 heavy (non-hydrogen) atoms. The molecule has 1 heterocycles. The van der Waals surface area contributed by atoms with Crippen molar-refractivity contribution >= 4 is 11.7 Å². The number of hydrogen-bond donors (Lipinski definition) is 2. The van der Waals surface area contributed by atoms with Gasteiger partial charge in [-0.05, 0) is 39.1 Å². The molecule has 0 unspecified atom stereocenters. The number of piperazine rings is 1. The zero-order valence-electron chi connectivity index (χ0n) is 14.7. The average Bonchev–Trinajstić information content (AvgIpc) is 2.54. The molecule has 1 saturated heterocycles. The molecule has 0 radical (unpaired) electrons. The predicted octanol–water partition coefficient (Wildman–Crippen LogP) is 2.51. The highest BCUT2D eigenvalue weighted by Gasteiger charge is 2.21. The van der Waals surface area contributed by atoms with Gasteiger partial charge in [0.1, 0.15) is 5.82 Å². The maximum Gasteiger partial charge on any atom is 0.315 e. The van der Waals surface area contributed by atoms with Crippen molar-refractivity contribution in [3.8, 4) is 0 Å². The molecule has 132 valence electrons. The number of hydrogen-bond acceptors (Lipinski definition) is 3. The van der Waals surface area contributed by atoms with Crippen molar-refractivity contribution in [1.82, 2.24) is 15.5 Å². The van der Waals surface area contributed by atoms with Crippen LogP contribution in [0.4, 0.5) is 14.9 Å². The van der Waals surface area contributed by atoms with E-state index >= 15 is 0 Å². The van der Waals surface area contributed by atoms with E-state index in [1.54, 1.807) is 6.07 Å². The average molecular weight is 334 g/mol. The number of anilines is 1. The Morgan fingerprint density at radius 2 is 2.00 bits per heavy atom. The minimum atomic E-state index is -0.293. The van der Waals surface area contributed by atoms with Crippen molar-refractivity contribution < 1.29 is 9.18 Å². The Morgan fingerprint density at radius 1 is 1.33 bits per heavy atom. The van der Waals surface area contributed by atoms with Crippen LogP contribution in [-0.2, 0) is 0 Å². The van der Waals surface area contributed by atoms with Crippen molar-refractivity contribution in [1.29, 1.82) is 0 Å². The minimum absolute atomic E-state index is 0.279. The van der Waals surface area contributed by atoms with Gasteiger partial charge in [-0.1, -0.05) is 12.2 Å². The third-order valence-corrected chi connectivity index (χ3v) is 4.20. The Morgan fingerprint density at radius 3 is 2.62 bits per heavy atom. The highest BCUT2D eigenvalue weighted by Crippen LogP contribution is 2.28. The fourth-order valence-electron chi connectivity index (χ4n) is 2.76. The fraction of sp³-hybridized carbons (Fsp3) is 0.500. The van der Waals surface area contributed by atoms with Gasteiger partial charge in [0.05, 0.1) is 6.04 Å². The number of urea groups is 1. The highest BCUT2D eigenvalue weighted by molar-refractivity contribution is 5.75. The number of nitrogens with zero attached hydrogens (tertiary/aromatic N) is 2. The van der Waals surface area contributed by atoms with Crippen LogP contribution < -0.4 is 15.5 Å². The first-order valence-electron chi connectivity index (χ1n) is 8.28. The number of benzene rings is 1. The molecule has 2 N–H and O–H groups in total. The van der Waals surface area contributed by atoms with Gasteiger partial charge in [-0.15, -0.1) is 0 Å². The second kappa shape index (κ2) is 8.15. The Labute approximate surface area is 143 Å². The number of carbonyl (C=O) groups excluding carboxylic acids is 1. The molecule has 0 bridgehead atoms. The summed E-state index contributed by atoms with van der Waals surface area (Å²) in [5, 5.41) is 5.61. The van der Waals surface area contributed by atoms with Crippen LogP contribution >= 0.6 is 0 Å². The quantitative estimate of drug-likeness (QED) is 0.814. The third kappa shape index (κ3) is 4.96. The lowest BCUT2D eigenvalue weighted by Gasteiger charge is -2.36. The van der Waals surface area contributed by atoms with E-state index in [-0.39, 0.29) is 17.9 Å². The van der Waals surface area contributed by atoms with E-state index < -0.39 is 0 Å². The van der Waals surface area contributed by atoms with Crippen LogP contribution in [0.5, 0.6) is 0 Å². The molecule has 1 aromatic rings. The van der Waals surface area contributed by atoms with Crippen molar-refractivity contribution in [3.05, 3.63) is 41.7 Å². The summed E-state index contributed by atoms with van der Waals surface area (Å²) in [5.41, 5.74) is 2.66. The Hall–Kier alpha value is -2.08. The van der Waals surface area contributed by atoms with E-state index in [4.69, 9.17) is 0 Å². The number of likely N-dealkylation sites (N-methyl/N-ethyl adjacent to an activating group) is 1. The molecule has 0 aliphatic carbocycles. The van der Waals surface area contributed by atoms with Gasteiger partial charge >= 0.3 is 6.03 Å². The Balaban J connectivity index is 2.11. The van der Waals surface area contributed by atoms with Crippen molar-refractivity contribution in [2.24, 2.45) is 0 Å². The Bertz CT molecular complexity index is 597. The normalized spacial score (nSPS) is 16.6. The molecule has 5 nitrogen and oxygen atoms in total. The summed E-state index contributed by atoms with van der Waals surface area (Å²) >= 11 is 0. The molecule has 0 saturated carbocycles. The van der Waals surface area contributed by atoms with Crippen LogP contribution in [0, 0.1) is 5.82 Å². The maximum absolute atomic E-state index is 13.8. The first-order chi connectivity index (χ1) is 11.4. The minimum Gasteiger partial charge on any atom is -0.369 e. The van der Waals surface area contributed by atoms with Crippen LogP contribution in [-0.4, -0.2) is 50.7 Å². The van der Waals surface area contributed by atoms with Gasteiger partial charge in [0.25, 0.3) is 0 Å². The van der Waals surface area contributed by atoms with Gasteiger partial charge in [0.2, 0.25) is 0 Å². The summed E-state index contributed by atoms with van der Waals surface area (Å²) in [6, 6.07) is 4.22. The highest BCUT2D eigenvalue weighted by atomic mass is 19.1. The maximum atomic E-state index is 13.8. The van der Waals surface area contributed by atoms with E-state index in [9.17, 15) is 9.18 Å². The molecule has 1 aliphatic rings. The van der Waals surface area contributed by atoms with E-state index in [2.05, 4.69) is 34.1 Å². The second-order valence-electron chi connectivity index (χ2n) is 6.50. The smallest absolute Gasteiger partial charge is 0.315 e. The second-order valence-corrected chi connectivity index (χ2v) is 6.50. The number of amides is 2. The molecule has 0 spiro atoms. The van der Waals surface area contributed by atoms with E-state index in [0.29, 0.717) is 6.54 Å². The first kappa shape index (κ1) is 18.3. The molecule has 1 aliphatic heterocycles. The number of carbonyl (C=O) groups is 1. The molecule has 2 rings (SSSR count). The molecule has 1 aromatic carbocycles. The summed E-state index contributed by atoms with van der Waals surface area (Å²) in [6.45, 7) is 11.6. The first-order valence-corrected chi connectivity index (χ1v) is 8.28. The number of halogens is 1. The molecule has 1 atom stereocenters. The van der Waals surface area contributed by atoms with Gasteiger partial charge in [-0.25, -0.2) is 9.18 Å². The zero-order valence-corrected chi connectivity index (χ0v) is 14.7. The molecule has 6 heteroatoms. The van der Waals surface area contributed by atoms with E-state index in [1.165, 1.54) is 12.1 Å². The summed E-state index contributed by atoms with van der Waals surface area (Å²) in [6.07, 6.45) is 0. The molecule has 2 amide bonds. The van der Waals surface area contributed by atoms with Crippen LogP contribution in [0.3, 0.4) is 0 Å². The summed E-state index contributed by atoms with van der Waals surface area (Å²) in [5.74, 6) is -0.293. The SMILES string of the molecule is C=C(C)CNC(=O)N[C@@H](C)c1cc(F)ccc1N1CCN(C)CC1. The standard InChI is InChI=1S/C18H27FN4O/c1-13(2)12-20-18(24)21-14(3)16-11-15(19)5-6-17(16)23-9-7-22(4)8-10-23/h5-6,11,14H,1,7-10,12H2,2-4H3,(H2,20,21,24)/t14-/m0/s1. The van der Waals surface area contributed by atoms with E-state index in [1.807, 2.05) is 13.8 Å². The summed E-state index contributed by atoms with van der Waals surface area (Å²) in [7, 11) is 2.10. The predicted molar refractivity (Wildman–Crippen MR) is 95.9 cm³/mol. The fourth-order valence-corrected chi connectivity index (χ4v) is 2.76. The van der Waals surface area contributed by atoms with Gasteiger partial charge in [0, 0.05) is 44.0 Å². The summed E-state index contributed by atoms with van der Waals surface area (Å²) in [4.78, 5) is 16.5. The van der Waals surface area contributed by atoms with Crippen molar-refractivity contribution in [2.75, 3.05) is 44.7 Å². The molecular weight excluding hydrogens is 307 g/mol. The lowest BCUT2D eigenvalue weighted by molar-refractivity contribution is 0.238. The Kier molecular flexibility index (Phi) is 6.20. The van der Waals surface area contributed by atoms with Gasteiger partial charge in [-0.2, -0.15) is 0 Å². The summed E-state index contributed by atoms with van der Waals surface area (Å²) < 4.78 is 13.8. The lowest BCUT2D eigenvalue weighted by Crippen LogP contribution is -2.45. The zero-order chi connectivity index (χ0) is 17.7. The van der Waals surface area contributed by atoms with Crippen LogP contribution in [0.15, 0.2) is 30.4 Å². The van der Waals surface area contributed by atoms with Crippen molar-refractivity contribution in [2.45, 2.75) is 19.9 Å². The molecule has 0 aromatic heterocycles. The van der Waals surface area contributed by atoms with Gasteiger partial charge in [-0.3, -0.25) is 0 Å². The van der Waals surface area contributed by atoms with Crippen LogP contribution in [0.2, 0.25) is 0 Å².